The van der Waals surface area contributed by atoms with Gasteiger partial charge < -0.3 is 9.47 Å². The van der Waals surface area contributed by atoms with Gasteiger partial charge in [-0.15, -0.1) is 0 Å². The van der Waals surface area contributed by atoms with Gasteiger partial charge >= 0.3 is 11.9 Å². The van der Waals surface area contributed by atoms with E-state index in [1.807, 2.05) is 0 Å². The molecule has 0 aliphatic carbocycles. The molecule has 0 radical (unpaired) electrons. The molecule has 0 saturated heterocycles. The summed E-state index contributed by atoms with van der Waals surface area (Å²) in [5, 5.41) is 0.688. The lowest BCUT2D eigenvalue weighted by molar-refractivity contribution is 0.0516. The number of carbonyl (C=O) groups excluding carboxylic acids is 2. The van der Waals surface area contributed by atoms with Crippen molar-refractivity contribution in [2.24, 2.45) is 0 Å². The number of nitrogens with zero attached hydrogens (tertiary/aromatic N) is 3. The molecule has 0 atom stereocenters. The maximum atomic E-state index is 12.3. The SMILES string of the molecule is CCOC(=O)c1cc2cc(C(=O)OC)ccc2n1-c1ncccn1. The first-order valence-corrected chi connectivity index (χ1v) is 7.34. The second-order valence-electron chi connectivity index (χ2n) is 4.90. The Balaban J connectivity index is 2.24. The molecular formula is C17H15N3O4. The Labute approximate surface area is 137 Å². The Morgan fingerprint density at radius 2 is 1.88 bits per heavy atom. The number of aromatic nitrogens is 3. The molecule has 3 aromatic rings. The van der Waals surface area contributed by atoms with Crippen LogP contribution in [0.1, 0.15) is 27.8 Å². The van der Waals surface area contributed by atoms with Crippen molar-refractivity contribution in [3.63, 3.8) is 0 Å². The molecule has 7 heteroatoms. The van der Waals surface area contributed by atoms with E-state index < -0.39 is 11.9 Å². The second kappa shape index (κ2) is 6.49. The van der Waals surface area contributed by atoms with Crippen molar-refractivity contribution in [2.75, 3.05) is 13.7 Å². The van der Waals surface area contributed by atoms with Crippen molar-refractivity contribution in [1.29, 1.82) is 0 Å². The summed E-state index contributed by atoms with van der Waals surface area (Å²) in [6.07, 6.45) is 3.18. The highest BCUT2D eigenvalue weighted by Crippen LogP contribution is 2.25. The van der Waals surface area contributed by atoms with Crippen molar-refractivity contribution >= 4 is 22.8 Å². The van der Waals surface area contributed by atoms with E-state index >= 15 is 0 Å². The molecule has 1 aromatic carbocycles. The van der Waals surface area contributed by atoms with E-state index in [4.69, 9.17) is 9.47 Å². The van der Waals surface area contributed by atoms with Crippen molar-refractivity contribution in [3.05, 3.63) is 54.0 Å². The van der Waals surface area contributed by atoms with Crippen LogP contribution in [0.3, 0.4) is 0 Å². The molecule has 24 heavy (non-hydrogen) atoms. The molecule has 0 fully saturated rings. The number of ether oxygens (including phenoxy) is 2. The zero-order valence-electron chi connectivity index (χ0n) is 13.2. The molecule has 122 valence electrons. The predicted molar refractivity (Wildman–Crippen MR) is 86.2 cm³/mol. The third-order valence-electron chi connectivity index (χ3n) is 3.46. The van der Waals surface area contributed by atoms with Gasteiger partial charge in [0.1, 0.15) is 5.69 Å². The Morgan fingerprint density at radius 1 is 1.12 bits per heavy atom. The van der Waals surface area contributed by atoms with Gasteiger partial charge in [-0.25, -0.2) is 19.6 Å². The Kier molecular flexibility index (Phi) is 4.24. The first kappa shape index (κ1) is 15.7. The van der Waals surface area contributed by atoms with Gasteiger partial charge in [-0.2, -0.15) is 0 Å². The molecule has 0 aliphatic heterocycles. The lowest BCUT2D eigenvalue weighted by atomic mass is 10.1. The standard InChI is InChI=1S/C17H15N3O4/c1-3-24-16(22)14-10-12-9-11(15(21)23-2)5-6-13(12)20(14)17-18-7-4-8-19-17/h4-10H,3H2,1-2H3. The van der Waals surface area contributed by atoms with E-state index in [0.29, 0.717) is 28.1 Å². The zero-order valence-corrected chi connectivity index (χ0v) is 13.2. The average molecular weight is 325 g/mol. The van der Waals surface area contributed by atoms with Gasteiger partial charge in [0, 0.05) is 17.8 Å². The second-order valence-corrected chi connectivity index (χ2v) is 4.90. The monoisotopic (exact) mass is 325 g/mol. The molecule has 0 N–H and O–H groups in total. The zero-order chi connectivity index (χ0) is 17.1. The summed E-state index contributed by atoms with van der Waals surface area (Å²) in [6, 6.07) is 8.34. The number of carbonyl (C=O) groups is 2. The molecule has 0 amide bonds. The molecule has 7 nitrogen and oxygen atoms in total. The number of methoxy groups -OCH3 is 1. The summed E-state index contributed by atoms with van der Waals surface area (Å²) >= 11 is 0. The largest absolute Gasteiger partial charge is 0.465 e. The van der Waals surface area contributed by atoms with Crippen LogP contribution in [0.15, 0.2) is 42.7 Å². The number of esters is 2. The minimum absolute atomic E-state index is 0.253. The average Bonchev–Trinajstić information content (AvgIpc) is 3.00. The highest BCUT2D eigenvalue weighted by Gasteiger charge is 2.20. The summed E-state index contributed by atoms with van der Waals surface area (Å²) in [4.78, 5) is 32.4. The summed E-state index contributed by atoms with van der Waals surface area (Å²) < 4.78 is 11.4. The summed E-state index contributed by atoms with van der Waals surface area (Å²) in [5.41, 5.74) is 1.38. The van der Waals surface area contributed by atoms with Gasteiger partial charge in [0.15, 0.2) is 0 Å². The topological polar surface area (TPSA) is 83.3 Å². The quantitative estimate of drug-likeness (QED) is 0.685. The molecule has 0 unspecified atom stereocenters. The van der Waals surface area contributed by atoms with Crippen LogP contribution >= 0.6 is 0 Å². The smallest absolute Gasteiger partial charge is 0.355 e. The fourth-order valence-electron chi connectivity index (χ4n) is 2.44. The van der Waals surface area contributed by atoms with E-state index in [1.54, 1.807) is 54.2 Å². The molecule has 0 bridgehead atoms. The van der Waals surface area contributed by atoms with Crippen LogP contribution in [-0.4, -0.2) is 40.2 Å². The van der Waals surface area contributed by atoms with Crippen molar-refractivity contribution in [1.82, 2.24) is 14.5 Å². The number of rotatable bonds is 4. The number of hydrogen-bond acceptors (Lipinski definition) is 6. The number of hydrogen-bond donors (Lipinski definition) is 0. The summed E-state index contributed by atoms with van der Waals surface area (Å²) in [7, 11) is 1.32. The van der Waals surface area contributed by atoms with E-state index in [-0.39, 0.29) is 6.61 Å². The molecule has 0 saturated carbocycles. The summed E-state index contributed by atoms with van der Waals surface area (Å²) in [5.74, 6) is -0.583. The minimum atomic E-state index is -0.485. The Morgan fingerprint density at radius 3 is 2.54 bits per heavy atom. The van der Waals surface area contributed by atoms with E-state index in [0.717, 1.165) is 0 Å². The number of fused-ring (bicyclic) bond motifs is 1. The maximum Gasteiger partial charge on any atom is 0.355 e. The fraction of sp³-hybridized carbons (Fsp3) is 0.176. The minimum Gasteiger partial charge on any atom is -0.465 e. The Bertz CT molecular complexity index is 903. The van der Waals surface area contributed by atoms with Crippen molar-refractivity contribution < 1.29 is 19.1 Å². The van der Waals surface area contributed by atoms with Gasteiger partial charge in [-0.3, -0.25) is 4.57 Å². The Hall–Kier alpha value is -3.22. The predicted octanol–water partition coefficient (Wildman–Crippen LogP) is 2.38. The third-order valence-corrected chi connectivity index (χ3v) is 3.46. The highest BCUT2D eigenvalue weighted by atomic mass is 16.5. The molecule has 2 heterocycles. The highest BCUT2D eigenvalue weighted by molar-refractivity contribution is 6.00. The van der Waals surface area contributed by atoms with Crippen molar-refractivity contribution in [3.8, 4) is 5.95 Å². The van der Waals surface area contributed by atoms with Crippen LogP contribution in [0.25, 0.3) is 16.9 Å². The van der Waals surface area contributed by atoms with Crippen LogP contribution in [0, 0.1) is 0 Å². The maximum absolute atomic E-state index is 12.3. The van der Waals surface area contributed by atoms with E-state index in [1.165, 1.54) is 7.11 Å². The van der Waals surface area contributed by atoms with Gasteiger partial charge in [-0.1, -0.05) is 0 Å². The molecule has 0 aliphatic rings. The van der Waals surface area contributed by atoms with Gasteiger partial charge in [0.2, 0.25) is 5.95 Å². The van der Waals surface area contributed by atoms with Gasteiger partial charge in [0.05, 0.1) is 24.8 Å². The van der Waals surface area contributed by atoms with E-state index in [9.17, 15) is 9.59 Å². The first-order valence-electron chi connectivity index (χ1n) is 7.34. The first-order chi connectivity index (χ1) is 11.7. The van der Waals surface area contributed by atoms with Gasteiger partial charge in [-0.05, 0) is 37.3 Å². The van der Waals surface area contributed by atoms with Gasteiger partial charge in [0.25, 0.3) is 0 Å². The molecule has 2 aromatic heterocycles. The van der Waals surface area contributed by atoms with Crippen LogP contribution in [-0.2, 0) is 9.47 Å². The van der Waals surface area contributed by atoms with Crippen LogP contribution in [0.4, 0.5) is 0 Å². The molecule has 0 spiro atoms. The molecular weight excluding hydrogens is 310 g/mol. The van der Waals surface area contributed by atoms with E-state index in [2.05, 4.69) is 9.97 Å². The number of benzene rings is 1. The normalized spacial score (nSPS) is 10.6. The third kappa shape index (κ3) is 2.71. The lowest BCUT2D eigenvalue weighted by Crippen LogP contribution is -2.12. The van der Waals surface area contributed by atoms with Crippen molar-refractivity contribution in [2.45, 2.75) is 6.92 Å². The van der Waals surface area contributed by atoms with Crippen LogP contribution in [0.5, 0.6) is 0 Å². The summed E-state index contributed by atoms with van der Waals surface area (Å²) in [6.45, 7) is 1.99. The molecule has 3 rings (SSSR count). The van der Waals surface area contributed by atoms with Crippen LogP contribution in [0.2, 0.25) is 0 Å². The van der Waals surface area contributed by atoms with Crippen LogP contribution < -0.4 is 0 Å². The lowest BCUT2D eigenvalue weighted by Gasteiger charge is -2.08. The fourth-order valence-corrected chi connectivity index (χ4v) is 2.44.